The number of benzene rings is 1. The van der Waals surface area contributed by atoms with E-state index in [0.29, 0.717) is 18.7 Å². The molecule has 1 aromatic carbocycles. The summed E-state index contributed by atoms with van der Waals surface area (Å²) in [6.45, 7) is 5.03. The van der Waals surface area contributed by atoms with Crippen molar-refractivity contribution in [1.82, 2.24) is 5.32 Å². The summed E-state index contributed by atoms with van der Waals surface area (Å²) >= 11 is 0. The van der Waals surface area contributed by atoms with E-state index in [1.807, 2.05) is 26.0 Å². The number of amides is 1. The minimum atomic E-state index is -0.289. The van der Waals surface area contributed by atoms with Crippen LogP contribution in [-0.2, 0) is 9.47 Å². The molecule has 0 atom stereocenters. The summed E-state index contributed by atoms with van der Waals surface area (Å²) in [7, 11) is 3.20. The average Bonchev–Trinajstić information content (AvgIpc) is 2.41. The zero-order valence-corrected chi connectivity index (χ0v) is 11.9. The van der Waals surface area contributed by atoms with Gasteiger partial charge in [-0.3, -0.25) is 4.79 Å². The Balaban J connectivity index is 2.69. The maximum atomic E-state index is 11.7. The number of aryl methyl sites for hydroxylation is 1. The van der Waals surface area contributed by atoms with Gasteiger partial charge in [-0.25, -0.2) is 0 Å². The number of hydrogen-bond donors (Lipinski definition) is 2. The number of anilines is 1. The van der Waals surface area contributed by atoms with Crippen LogP contribution in [0.2, 0.25) is 0 Å². The molecule has 5 nitrogen and oxygen atoms in total. The predicted octanol–water partition coefficient (Wildman–Crippen LogP) is 1.78. The second-order valence-electron chi connectivity index (χ2n) is 4.17. The van der Waals surface area contributed by atoms with Crippen LogP contribution >= 0.6 is 0 Å². The summed E-state index contributed by atoms with van der Waals surface area (Å²) in [5, 5.41) is 6.01. The van der Waals surface area contributed by atoms with Crippen molar-refractivity contribution in [2.75, 3.05) is 32.6 Å². The third kappa shape index (κ3) is 4.54. The number of hydrogen-bond acceptors (Lipinski definition) is 4. The molecule has 1 amide bonds. The molecule has 0 saturated heterocycles. The molecular formula is C14H22N2O3. The number of ether oxygens (including phenoxy) is 2. The van der Waals surface area contributed by atoms with Crippen molar-refractivity contribution in [1.29, 1.82) is 0 Å². The second kappa shape index (κ2) is 7.76. The van der Waals surface area contributed by atoms with Crippen molar-refractivity contribution < 1.29 is 14.3 Å². The lowest BCUT2D eigenvalue weighted by atomic mass is 10.1. The Morgan fingerprint density at radius 1 is 1.32 bits per heavy atom. The minimum absolute atomic E-state index is 0.0520. The van der Waals surface area contributed by atoms with Gasteiger partial charge < -0.3 is 20.1 Å². The van der Waals surface area contributed by atoms with Gasteiger partial charge in [0.15, 0.2) is 6.29 Å². The Bertz CT molecular complexity index is 417. The molecule has 0 radical (unpaired) electrons. The Hall–Kier alpha value is -1.59. The van der Waals surface area contributed by atoms with Gasteiger partial charge in [-0.15, -0.1) is 0 Å². The molecule has 0 aromatic heterocycles. The standard InChI is InChI=1S/C14H22N2O3/c1-5-15-14(17)11-6-7-12(10(2)8-11)16-9-13(18-3)19-4/h6-8,13,16H,5,9H2,1-4H3,(H,15,17). The first-order valence-electron chi connectivity index (χ1n) is 6.30. The Morgan fingerprint density at radius 3 is 2.53 bits per heavy atom. The third-order valence-electron chi connectivity index (χ3n) is 2.81. The fraction of sp³-hybridized carbons (Fsp3) is 0.500. The van der Waals surface area contributed by atoms with Crippen molar-refractivity contribution in [2.24, 2.45) is 0 Å². The van der Waals surface area contributed by atoms with Crippen LogP contribution in [0.4, 0.5) is 5.69 Å². The highest BCUT2D eigenvalue weighted by molar-refractivity contribution is 5.94. The fourth-order valence-electron chi connectivity index (χ4n) is 1.72. The molecule has 19 heavy (non-hydrogen) atoms. The van der Waals surface area contributed by atoms with Crippen molar-refractivity contribution in [3.63, 3.8) is 0 Å². The Labute approximate surface area is 114 Å². The first-order valence-corrected chi connectivity index (χ1v) is 6.30. The quantitative estimate of drug-likeness (QED) is 0.739. The van der Waals surface area contributed by atoms with E-state index in [1.165, 1.54) is 0 Å². The number of carbonyl (C=O) groups excluding carboxylic acids is 1. The Kier molecular flexibility index (Phi) is 6.32. The molecule has 0 unspecified atom stereocenters. The zero-order valence-electron chi connectivity index (χ0n) is 11.9. The van der Waals surface area contributed by atoms with Crippen LogP contribution < -0.4 is 10.6 Å². The minimum Gasteiger partial charge on any atom is -0.380 e. The summed E-state index contributed by atoms with van der Waals surface area (Å²) in [5.74, 6) is -0.0520. The highest BCUT2D eigenvalue weighted by Gasteiger charge is 2.08. The molecular weight excluding hydrogens is 244 g/mol. The van der Waals surface area contributed by atoms with Gasteiger partial charge >= 0.3 is 0 Å². The second-order valence-corrected chi connectivity index (χ2v) is 4.17. The summed E-state index contributed by atoms with van der Waals surface area (Å²) in [5.41, 5.74) is 2.64. The summed E-state index contributed by atoms with van der Waals surface area (Å²) < 4.78 is 10.2. The maximum Gasteiger partial charge on any atom is 0.251 e. The highest BCUT2D eigenvalue weighted by atomic mass is 16.7. The van der Waals surface area contributed by atoms with Gasteiger partial charge in [-0.2, -0.15) is 0 Å². The lowest BCUT2D eigenvalue weighted by Gasteiger charge is -2.16. The lowest BCUT2D eigenvalue weighted by molar-refractivity contribution is -0.0914. The van der Waals surface area contributed by atoms with Crippen molar-refractivity contribution in [3.05, 3.63) is 29.3 Å². The predicted molar refractivity (Wildman–Crippen MR) is 75.5 cm³/mol. The van der Waals surface area contributed by atoms with E-state index in [-0.39, 0.29) is 12.2 Å². The molecule has 0 fully saturated rings. The number of nitrogens with one attached hydrogen (secondary N) is 2. The number of methoxy groups -OCH3 is 2. The molecule has 0 aliphatic rings. The average molecular weight is 266 g/mol. The van der Waals surface area contributed by atoms with E-state index in [4.69, 9.17) is 9.47 Å². The van der Waals surface area contributed by atoms with Crippen LogP contribution in [0.25, 0.3) is 0 Å². The smallest absolute Gasteiger partial charge is 0.251 e. The van der Waals surface area contributed by atoms with Gasteiger partial charge in [0.25, 0.3) is 5.91 Å². The topological polar surface area (TPSA) is 59.6 Å². The fourth-order valence-corrected chi connectivity index (χ4v) is 1.72. The molecule has 2 N–H and O–H groups in total. The Morgan fingerprint density at radius 2 is 2.00 bits per heavy atom. The highest BCUT2D eigenvalue weighted by Crippen LogP contribution is 2.16. The SMILES string of the molecule is CCNC(=O)c1ccc(NCC(OC)OC)c(C)c1. The molecule has 0 saturated carbocycles. The van der Waals surface area contributed by atoms with Gasteiger partial charge in [-0.05, 0) is 37.6 Å². The number of carbonyl (C=O) groups is 1. The molecule has 0 spiro atoms. The van der Waals surface area contributed by atoms with E-state index in [0.717, 1.165) is 11.3 Å². The molecule has 1 rings (SSSR count). The van der Waals surface area contributed by atoms with Gasteiger partial charge in [0, 0.05) is 32.0 Å². The summed E-state index contributed by atoms with van der Waals surface area (Å²) in [6, 6.07) is 5.55. The van der Waals surface area contributed by atoms with Crippen LogP contribution in [-0.4, -0.2) is 39.5 Å². The monoisotopic (exact) mass is 266 g/mol. The van der Waals surface area contributed by atoms with Gasteiger partial charge in [0.1, 0.15) is 0 Å². The third-order valence-corrected chi connectivity index (χ3v) is 2.81. The molecule has 0 bridgehead atoms. The number of rotatable bonds is 7. The molecule has 5 heteroatoms. The molecule has 1 aromatic rings. The van der Waals surface area contributed by atoms with Crippen LogP contribution in [0, 0.1) is 6.92 Å². The summed E-state index contributed by atoms with van der Waals surface area (Å²) in [6.07, 6.45) is -0.289. The van der Waals surface area contributed by atoms with Gasteiger partial charge in [0.05, 0.1) is 6.54 Å². The van der Waals surface area contributed by atoms with Crippen molar-refractivity contribution in [2.45, 2.75) is 20.1 Å². The van der Waals surface area contributed by atoms with Crippen LogP contribution in [0.15, 0.2) is 18.2 Å². The van der Waals surface area contributed by atoms with E-state index in [1.54, 1.807) is 20.3 Å². The molecule has 106 valence electrons. The maximum absolute atomic E-state index is 11.7. The van der Waals surface area contributed by atoms with E-state index in [2.05, 4.69) is 10.6 Å². The van der Waals surface area contributed by atoms with Crippen LogP contribution in [0.5, 0.6) is 0 Å². The molecule has 0 aliphatic carbocycles. The van der Waals surface area contributed by atoms with Gasteiger partial charge in [-0.1, -0.05) is 0 Å². The largest absolute Gasteiger partial charge is 0.380 e. The normalized spacial score (nSPS) is 10.6. The van der Waals surface area contributed by atoms with E-state index < -0.39 is 0 Å². The molecule has 0 aliphatic heterocycles. The van der Waals surface area contributed by atoms with Crippen LogP contribution in [0.3, 0.4) is 0 Å². The van der Waals surface area contributed by atoms with Crippen LogP contribution in [0.1, 0.15) is 22.8 Å². The lowest BCUT2D eigenvalue weighted by Crippen LogP contribution is -2.24. The van der Waals surface area contributed by atoms with Crippen molar-refractivity contribution in [3.8, 4) is 0 Å². The van der Waals surface area contributed by atoms with Crippen molar-refractivity contribution >= 4 is 11.6 Å². The summed E-state index contributed by atoms with van der Waals surface area (Å²) in [4.78, 5) is 11.7. The zero-order chi connectivity index (χ0) is 14.3. The van der Waals surface area contributed by atoms with E-state index in [9.17, 15) is 4.79 Å². The first kappa shape index (κ1) is 15.5. The molecule has 0 heterocycles. The first-order chi connectivity index (χ1) is 9.12. The van der Waals surface area contributed by atoms with Gasteiger partial charge in [0.2, 0.25) is 0 Å². The van der Waals surface area contributed by atoms with E-state index >= 15 is 0 Å².